The second kappa shape index (κ2) is 6.73. The predicted molar refractivity (Wildman–Crippen MR) is 85.7 cm³/mol. The van der Waals surface area contributed by atoms with Crippen LogP contribution in [0, 0.1) is 5.41 Å². The fourth-order valence-corrected chi connectivity index (χ4v) is 2.08. The van der Waals surface area contributed by atoms with Crippen molar-refractivity contribution in [2.45, 2.75) is 40.2 Å². The number of para-hydroxylation sites is 1. The molecule has 1 aromatic carbocycles. The van der Waals surface area contributed by atoms with Gasteiger partial charge in [0, 0.05) is 5.39 Å². The molecular weight excluding hydrogens is 280 g/mol. The van der Waals surface area contributed by atoms with Crippen LogP contribution in [0.15, 0.2) is 35.3 Å². The van der Waals surface area contributed by atoms with E-state index in [4.69, 9.17) is 4.74 Å². The molecule has 0 fully saturated rings. The van der Waals surface area contributed by atoms with Crippen molar-refractivity contribution in [1.29, 1.82) is 0 Å². The van der Waals surface area contributed by atoms with E-state index in [-0.39, 0.29) is 23.2 Å². The Kier molecular flexibility index (Phi) is 4.96. The quantitative estimate of drug-likeness (QED) is 0.797. The van der Waals surface area contributed by atoms with Crippen molar-refractivity contribution in [3.05, 3.63) is 40.7 Å². The maximum atomic E-state index is 11.8. The molecule has 1 aromatic heterocycles. The fourth-order valence-electron chi connectivity index (χ4n) is 2.08. The normalized spacial score (nSPS) is 11.6. The number of nitrogens with zero attached hydrogens (tertiary/aromatic N) is 2. The Balaban J connectivity index is 1.96. The van der Waals surface area contributed by atoms with E-state index in [2.05, 4.69) is 25.9 Å². The number of aryl methyl sites for hydroxylation is 1. The molecule has 22 heavy (non-hydrogen) atoms. The van der Waals surface area contributed by atoms with Gasteiger partial charge in [-0.25, -0.2) is 0 Å². The summed E-state index contributed by atoms with van der Waals surface area (Å²) >= 11 is 0. The SMILES string of the molecule is CC(C)(C)CCOC(=O)CCn1ncc(=O)c2ccccc21. The Hall–Kier alpha value is -2.17. The minimum absolute atomic E-state index is 0.111. The third kappa shape index (κ3) is 4.41. The monoisotopic (exact) mass is 302 g/mol. The van der Waals surface area contributed by atoms with Gasteiger partial charge in [0.05, 0.1) is 31.3 Å². The highest BCUT2D eigenvalue weighted by atomic mass is 16.5. The molecule has 0 aliphatic carbocycles. The molecule has 2 rings (SSSR count). The first-order valence-electron chi connectivity index (χ1n) is 7.47. The largest absolute Gasteiger partial charge is 0.466 e. The summed E-state index contributed by atoms with van der Waals surface area (Å²) in [5.74, 6) is -0.242. The molecule has 1 heterocycles. The van der Waals surface area contributed by atoms with E-state index in [1.165, 1.54) is 6.20 Å². The van der Waals surface area contributed by atoms with Gasteiger partial charge in [0.2, 0.25) is 5.43 Å². The van der Waals surface area contributed by atoms with Gasteiger partial charge in [0.15, 0.2) is 0 Å². The Morgan fingerprint density at radius 1 is 1.27 bits per heavy atom. The van der Waals surface area contributed by atoms with Crippen molar-refractivity contribution >= 4 is 16.9 Å². The molecule has 0 atom stereocenters. The Morgan fingerprint density at radius 3 is 2.73 bits per heavy atom. The molecular formula is C17H22N2O3. The van der Waals surface area contributed by atoms with Crippen LogP contribution >= 0.6 is 0 Å². The van der Waals surface area contributed by atoms with Crippen molar-refractivity contribution in [2.75, 3.05) is 6.61 Å². The number of aromatic nitrogens is 2. The molecule has 2 aromatic rings. The van der Waals surface area contributed by atoms with Crippen LogP contribution in [-0.2, 0) is 16.1 Å². The molecule has 0 N–H and O–H groups in total. The zero-order valence-corrected chi connectivity index (χ0v) is 13.3. The molecule has 0 unspecified atom stereocenters. The molecule has 0 saturated carbocycles. The van der Waals surface area contributed by atoms with Crippen LogP contribution in [0.5, 0.6) is 0 Å². The number of ether oxygens (including phenoxy) is 1. The van der Waals surface area contributed by atoms with Gasteiger partial charge in [0.25, 0.3) is 0 Å². The lowest BCUT2D eigenvalue weighted by Gasteiger charge is -2.17. The molecule has 0 aliphatic heterocycles. The van der Waals surface area contributed by atoms with E-state index in [9.17, 15) is 9.59 Å². The summed E-state index contributed by atoms with van der Waals surface area (Å²) < 4.78 is 6.90. The second-order valence-corrected chi connectivity index (χ2v) is 6.53. The first-order chi connectivity index (χ1) is 10.4. The van der Waals surface area contributed by atoms with Gasteiger partial charge in [0.1, 0.15) is 0 Å². The van der Waals surface area contributed by atoms with Gasteiger partial charge in [-0.05, 0) is 24.0 Å². The van der Waals surface area contributed by atoms with Crippen LogP contribution < -0.4 is 5.43 Å². The lowest BCUT2D eigenvalue weighted by atomic mass is 9.93. The van der Waals surface area contributed by atoms with Gasteiger partial charge >= 0.3 is 5.97 Å². The summed E-state index contributed by atoms with van der Waals surface area (Å²) in [5.41, 5.74) is 0.772. The maximum absolute atomic E-state index is 11.8. The Morgan fingerprint density at radius 2 is 2.00 bits per heavy atom. The van der Waals surface area contributed by atoms with Gasteiger partial charge < -0.3 is 4.74 Å². The number of carbonyl (C=O) groups is 1. The summed E-state index contributed by atoms with van der Waals surface area (Å²) in [7, 11) is 0. The number of esters is 1. The molecule has 0 bridgehead atoms. The van der Waals surface area contributed by atoms with E-state index in [1.54, 1.807) is 10.7 Å². The van der Waals surface area contributed by atoms with Crippen LogP contribution in [0.2, 0.25) is 0 Å². The lowest BCUT2D eigenvalue weighted by molar-refractivity contribution is -0.144. The maximum Gasteiger partial charge on any atom is 0.307 e. The number of fused-ring (bicyclic) bond motifs is 1. The van der Waals surface area contributed by atoms with E-state index in [0.29, 0.717) is 18.5 Å². The molecule has 0 radical (unpaired) electrons. The average Bonchev–Trinajstić information content (AvgIpc) is 2.45. The molecule has 0 spiro atoms. The molecule has 0 amide bonds. The second-order valence-electron chi connectivity index (χ2n) is 6.53. The Labute approximate surface area is 129 Å². The molecule has 5 nitrogen and oxygen atoms in total. The van der Waals surface area contributed by atoms with Crippen molar-refractivity contribution < 1.29 is 9.53 Å². The smallest absolute Gasteiger partial charge is 0.307 e. The van der Waals surface area contributed by atoms with Crippen molar-refractivity contribution in [2.24, 2.45) is 5.41 Å². The first kappa shape index (κ1) is 16.2. The van der Waals surface area contributed by atoms with Crippen LogP contribution in [0.4, 0.5) is 0 Å². The van der Waals surface area contributed by atoms with E-state index < -0.39 is 0 Å². The fraction of sp³-hybridized carbons (Fsp3) is 0.471. The van der Waals surface area contributed by atoms with E-state index in [1.807, 2.05) is 18.2 Å². The zero-order chi connectivity index (χ0) is 16.2. The number of hydrogen-bond donors (Lipinski definition) is 0. The van der Waals surface area contributed by atoms with Gasteiger partial charge in [-0.1, -0.05) is 32.9 Å². The molecule has 5 heteroatoms. The molecule has 0 aliphatic rings. The third-order valence-electron chi connectivity index (χ3n) is 3.40. The highest BCUT2D eigenvalue weighted by Gasteiger charge is 2.12. The zero-order valence-electron chi connectivity index (χ0n) is 13.3. The summed E-state index contributed by atoms with van der Waals surface area (Å²) in [4.78, 5) is 23.5. The minimum atomic E-state index is -0.242. The van der Waals surface area contributed by atoms with Gasteiger partial charge in [-0.2, -0.15) is 5.10 Å². The highest BCUT2D eigenvalue weighted by Crippen LogP contribution is 2.18. The van der Waals surface area contributed by atoms with Gasteiger partial charge in [-0.15, -0.1) is 0 Å². The number of hydrogen-bond acceptors (Lipinski definition) is 4. The van der Waals surface area contributed by atoms with Crippen LogP contribution in [-0.4, -0.2) is 22.4 Å². The number of rotatable bonds is 5. The molecule has 118 valence electrons. The van der Waals surface area contributed by atoms with Crippen LogP contribution in [0.3, 0.4) is 0 Å². The summed E-state index contributed by atoms with van der Waals surface area (Å²) in [6, 6.07) is 7.25. The van der Waals surface area contributed by atoms with Crippen molar-refractivity contribution in [1.82, 2.24) is 9.78 Å². The van der Waals surface area contributed by atoms with Crippen molar-refractivity contribution in [3.63, 3.8) is 0 Å². The average molecular weight is 302 g/mol. The summed E-state index contributed by atoms with van der Waals surface area (Å²) in [5, 5.41) is 4.70. The molecule has 0 saturated heterocycles. The van der Waals surface area contributed by atoms with E-state index in [0.717, 1.165) is 11.9 Å². The summed E-state index contributed by atoms with van der Waals surface area (Å²) in [6.45, 7) is 7.15. The Bertz CT molecular complexity index is 714. The van der Waals surface area contributed by atoms with E-state index >= 15 is 0 Å². The number of benzene rings is 1. The topological polar surface area (TPSA) is 61.2 Å². The minimum Gasteiger partial charge on any atom is -0.466 e. The first-order valence-corrected chi connectivity index (χ1v) is 7.47. The van der Waals surface area contributed by atoms with Crippen LogP contribution in [0.25, 0.3) is 10.9 Å². The van der Waals surface area contributed by atoms with Crippen molar-refractivity contribution in [3.8, 4) is 0 Å². The standard InChI is InChI=1S/C17H22N2O3/c1-17(2,3)9-11-22-16(21)8-10-19-14-7-5-4-6-13(14)15(20)12-18-19/h4-7,12H,8-11H2,1-3H3. The van der Waals surface area contributed by atoms with Gasteiger partial charge in [-0.3, -0.25) is 14.3 Å². The predicted octanol–water partition coefficient (Wildman–Crippen LogP) is 2.77. The number of carbonyl (C=O) groups excluding carboxylic acids is 1. The summed E-state index contributed by atoms with van der Waals surface area (Å²) in [6.07, 6.45) is 2.36. The third-order valence-corrected chi connectivity index (χ3v) is 3.40. The lowest BCUT2D eigenvalue weighted by Crippen LogP contribution is -2.17. The van der Waals surface area contributed by atoms with Crippen LogP contribution in [0.1, 0.15) is 33.6 Å². The highest BCUT2D eigenvalue weighted by molar-refractivity contribution is 5.78.